The Morgan fingerprint density at radius 2 is 2.13 bits per heavy atom. The number of nitrogens with zero attached hydrogens (tertiary/aromatic N) is 1. The van der Waals surface area contributed by atoms with E-state index in [0.717, 1.165) is 32.1 Å². The first kappa shape index (κ1) is 11.8. The summed E-state index contributed by atoms with van der Waals surface area (Å²) in [5.41, 5.74) is 5.05. The molecule has 1 rings (SSSR count). The van der Waals surface area contributed by atoms with Gasteiger partial charge in [0.25, 0.3) is 0 Å². The third-order valence-electron chi connectivity index (χ3n) is 2.91. The normalized spacial score (nSPS) is 20.2. The third-order valence-corrected chi connectivity index (χ3v) is 2.91. The van der Waals surface area contributed by atoms with Crippen LogP contribution in [0.1, 0.15) is 45.4 Å². The number of oxime groups is 1. The van der Waals surface area contributed by atoms with Gasteiger partial charge in [0, 0.05) is 6.42 Å². The van der Waals surface area contributed by atoms with E-state index in [1.807, 2.05) is 6.92 Å². The van der Waals surface area contributed by atoms with E-state index in [1.165, 1.54) is 0 Å². The number of hydrogen-bond donors (Lipinski definition) is 3. The van der Waals surface area contributed by atoms with Gasteiger partial charge in [-0.3, -0.25) is 4.79 Å². The van der Waals surface area contributed by atoms with Gasteiger partial charge in [0.15, 0.2) is 5.84 Å². The molecule has 0 aromatic carbocycles. The van der Waals surface area contributed by atoms with Gasteiger partial charge in [-0.1, -0.05) is 24.9 Å². The maximum absolute atomic E-state index is 11.5. The molecule has 0 atom stereocenters. The summed E-state index contributed by atoms with van der Waals surface area (Å²) in [5.74, 6) is 0.107. The molecule has 1 amide bonds. The van der Waals surface area contributed by atoms with Crippen LogP contribution in [0.5, 0.6) is 0 Å². The smallest absolute Gasteiger partial charge is 0.220 e. The lowest BCUT2D eigenvalue weighted by atomic mass is 9.96. The number of carbonyl (C=O) groups is 1. The lowest BCUT2D eigenvalue weighted by Gasteiger charge is -2.28. The predicted molar refractivity (Wildman–Crippen MR) is 57.7 cm³/mol. The van der Waals surface area contributed by atoms with E-state index in [2.05, 4.69) is 10.5 Å². The summed E-state index contributed by atoms with van der Waals surface area (Å²) >= 11 is 0. The molecule has 1 aliphatic carbocycles. The van der Waals surface area contributed by atoms with Crippen LogP contribution >= 0.6 is 0 Å². The molecule has 1 fully saturated rings. The van der Waals surface area contributed by atoms with E-state index in [4.69, 9.17) is 10.9 Å². The molecule has 5 heteroatoms. The van der Waals surface area contributed by atoms with Gasteiger partial charge in [-0.25, -0.2) is 0 Å². The second-order valence-corrected chi connectivity index (χ2v) is 4.07. The van der Waals surface area contributed by atoms with Crippen LogP contribution in [0.4, 0.5) is 0 Å². The molecule has 1 saturated carbocycles. The Morgan fingerprint density at radius 1 is 1.53 bits per heavy atom. The molecule has 0 aliphatic heterocycles. The first-order chi connectivity index (χ1) is 7.14. The molecule has 5 nitrogen and oxygen atoms in total. The summed E-state index contributed by atoms with van der Waals surface area (Å²) in [6.07, 6.45) is 4.82. The van der Waals surface area contributed by atoms with Crippen molar-refractivity contribution in [2.45, 2.75) is 51.0 Å². The average Bonchev–Trinajstić information content (AvgIpc) is 2.66. The van der Waals surface area contributed by atoms with Crippen LogP contribution in [0.25, 0.3) is 0 Å². The zero-order valence-electron chi connectivity index (χ0n) is 9.12. The molecule has 0 saturated heterocycles. The van der Waals surface area contributed by atoms with E-state index < -0.39 is 5.54 Å². The zero-order valence-corrected chi connectivity index (χ0v) is 9.12. The number of carbonyl (C=O) groups excluding carboxylic acids is 1. The maximum Gasteiger partial charge on any atom is 0.220 e. The predicted octanol–water partition coefficient (Wildman–Crippen LogP) is 0.962. The highest BCUT2D eigenvalue weighted by Gasteiger charge is 2.39. The van der Waals surface area contributed by atoms with Crippen molar-refractivity contribution < 1.29 is 10.0 Å². The highest BCUT2D eigenvalue weighted by Crippen LogP contribution is 2.29. The zero-order chi connectivity index (χ0) is 11.3. The fourth-order valence-electron chi connectivity index (χ4n) is 2.08. The Morgan fingerprint density at radius 3 is 2.60 bits per heavy atom. The summed E-state index contributed by atoms with van der Waals surface area (Å²) in [4.78, 5) is 11.5. The number of hydrogen-bond acceptors (Lipinski definition) is 3. The molecule has 0 radical (unpaired) electrons. The van der Waals surface area contributed by atoms with Crippen molar-refractivity contribution in [3.8, 4) is 0 Å². The van der Waals surface area contributed by atoms with E-state index in [1.54, 1.807) is 0 Å². The highest BCUT2D eigenvalue weighted by molar-refractivity contribution is 5.94. The summed E-state index contributed by atoms with van der Waals surface area (Å²) in [6, 6.07) is 0. The van der Waals surface area contributed by atoms with Crippen molar-refractivity contribution in [1.82, 2.24) is 5.32 Å². The van der Waals surface area contributed by atoms with E-state index in [0.29, 0.717) is 6.42 Å². The first-order valence-electron chi connectivity index (χ1n) is 5.43. The van der Waals surface area contributed by atoms with Crippen LogP contribution in [0.15, 0.2) is 5.16 Å². The van der Waals surface area contributed by atoms with Crippen LogP contribution in [0, 0.1) is 0 Å². The minimum absolute atomic E-state index is 0.0222. The fraction of sp³-hybridized carbons (Fsp3) is 0.800. The average molecular weight is 213 g/mol. The standard InChI is InChI=1S/C10H19N3O2/c1-2-5-8(14)12-10(9(11)13-15)6-3-4-7-10/h15H,2-7H2,1H3,(H2,11,13)(H,12,14). The molecule has 0 aromatic rings. The molecule has 15 heavy (non-hydrogen) atoms. The van der Waals surface area contributed by atoms with Crippen molar-refractivity contribution >= 4 is 11.7 Å². The summed E-state index contributed by atoms with van der Waals surface area (Å²) in [7, 11) is 0. The van der Waals surface area contributed by atoms with Crippen molar-refractivity contribution in [3.63, 3.8) is 0 Å². The van der Waals surface area contributed by atoms with Gasteiger partial charge in [-0.05, 0) is 19.3 Å². The van der Waals surface area contributed by atoms with Crippen molar-refractivity contribution in [1.29, 1.82) is 0 Å². The molecule has 4 N–H and O–H groups in total. The fourth-order valence-corrected chi connectivity index (χ4v) is 2.08. The summed E-state index contributed by atoms with van der Waals surface area (Å²) in [6.45, 7) is 1.95. The monoisotopic (exact) mass is 213 g/mol. The van der Waals surface area contributed by atoms with Crippen LogP contribution in [0.2, 0.25) is 0 Å². The van der Waals surface area contributed by atoms with E-state index in [-0.39, 0.29) is 11.7 Å². The van der Waals surface area contributed by atoms with E-state index >= 15 is 0 Å². The van der Waals surface area contributed by atoms with Gasteiger partial charge in [0.1, 0.15) is 5.54 Å². The minimum Gasteiger partial charge on any atom is -0.409 e. The lowest BCUT2D eigenvalue weighted by Crippen LogP contribution is -2.55. The Bertz CT molecular complexity index is 257. The van der Waals surface area contributed by atoms with Crippen molar-refractivity contribution in [3.05, 3.63) is 0 Å². The molecule has 1 aliphatic rings. The van der Waals surface area contributed by atoms with Crippen LogP contribution in [-0.2, 0) is 4.79 Å². The number of amidine groups is 1. The molecular formula is C10H19N3O2. The molecule has 0 aromatic heterocycles. The Kier molecular flexibility index (Phi) is 3.94. The SMILES string of the molecule is CCCC(=O)NC1(/C(N)=N/O)CCCC1. The Labute approximate surface area is 89.7 Å². The number of nitrogens with one attached hydrogen (secondary N) is 1. The number of amides is 1. The van der Waals surface area contributed by atoms with Crippen LogP contribution < -0.4 is 11.1 Å². The molecule has 0 heterocycles. The first-order valence-corrected chi connectivity index (χ1v) is 5.43. The second-order valence-electron chi connectivity index (χ2n) is 4.07. The second kappa shape index (κ2) is 5.00. The van der Waals surface area contributed by atoms with Gasteiger partial charge in [0.2, 0.25) is 5.91 Å². The molecule has 0 unspecified atom stereocenters. The largest absolute Gasteiger partial charge is 0.409 e. The van der Waals surface area contributed by atoms with Gasteiger partial charge >= 0.3 is 0 Å². The van der Waals surface area contributed by atoms with Crippen LogP contribution in [0.3, 0.4) is 0 Å². The van der Waals surface area contributed by atoms with Gasteiger partial charge in [-0.2, -0.15) is 0 Å². The quantitative estimate of drug-likeness (QED) is 0.281. The summed E-state index contributed by atoms with van der Waals surface area (Å²) in [5, 5.41) is 14.6. The third kappa shape index (κ3) is 2.61. The van der Waals surface area contributed by atoms with Gasteiger partial charge < -0.3 is 16.3 Å². The summed E-state index contributed by atoms with van der Waals surface area (Å²) < 4.78 is 0. The molecular weight excluding hydrogens is 194 g/mol. The molecule has 0 bridgehead atoms. The van der Waals surface area contributed by atoms with Crippen molar-refractivity contribution in [2.24, 2.45) is 10.9 Å². The number of nitrogens with two attached hydrogens (primary N) is 1. The number of rotatable bonds is 4. The minimum atomic E-state index is -0.596. The molecule has 86 valence electrons. The lowest BCUT2D eigenvalue weighted by molar-refractivity contribution is -0.122. The van der Waals surface area contributed by atoms with Gasteiger partial charge in [0.05, 0.1) is 0 Å². The topological polar surface area (TPSA) is 87.7 Å². The van der Waals surface area contributed by atoms with Crippen molar-refractivity contribution in [2.75, 3.05) is 0 Å². The maximum atomic E-state index is 11.5. The molecule has 0 spiro atoms. The van der Waals surface area contributed by atoms with Crippen LogP contribution in [-0.4, -0.2) is 22.5 Å². The van der Waals surface area contributed by atoms with E-state index in [9.17, 15) is 4.79 Å². The Hall–Kier alpha value is -1.26. The van der Waals surface area contributed by atoms with Gasteiger partial charge in [-0.15, -0.1) is 0 Å². The highest BCUT2D eigenvalue weighted by atomic mass is 16.4. The Balaban J connectivity index is 2.70.